The maximum atomic E-state index is 12.2. The van der Waals surface area contributed by atoms with Crippen molar-refractivity contribution >= 4 is 34.8 Å². The van der Waals surface area contributed by atoms with E-state index in [-0.39, 0.29) is 35.4 Å². The molecule has 2 aromatic rings. The zero-order valence-corrected chi connectivity index (χ0v) is 17.2. The molecule has 27 heavy (non-hydrogen) atoms. The number of halogens is 2. The Morgan fingerprint density at radius 1 is 1.22 bits per heavy atom. The monoisotopic (exact) mass is 409 g/mol. The Labute approximate surface area is 170 Å². The molecule has 0 saturated carbocycles. The standard InChI is InChI=1S/C21H25Cl2NO3/c1-3-4-5-8-15-9-6-7-10-18(15)27-12-11-19(25)24-17-13-16(22)14(2)20(23)21(17)26/h6-7,9-10,13,26H,3-5,8,11-12H2,1-2H3,(H,24,25). The second-order valence-electron chi connectivity index (χ2n) is 6.41. The SMILES string of the molecule is CCCCCc1ccccc1OCCC(=O)Nc1cc(Cl)c(C)c(Cl)c1O. The van der Waals surface area contributed by atoms with Crippen LogP contribution in [0.25, 0.3) is 0 Å². The number of aryl methyl sites for hydroxylation is 1. The fraction of sp³-hybridized carbons (Fsp3) is 0.381. The second kappa shape index (κ2) is 10.4. The summed E-state index contributed by atoms with van der Waals surface area (Å²) in [6.45, 7) is 4.11. The van der Waals surface area contributed by atoms with Gasteiger partial charge >= 0.3 is 0 Å². The van der Waals surface area contributed by atoms with Gasteiger partial charge in [-0.05, 0) is 43.0 Å². The van der Waals surface area contributed by atoms with Crippen molar-refractivity contribution in [2.45, 2.75) is 46.0 Å². The number of amides is 1. The number of aromatic hydroxyl groups is 1. The summed E-state index contributed by atoms with van der Waals surface area (Å²) < 4.78 is 5.80. The van der Waals surface area contributed by atoms with Gasteiger partial charge in [0.05, 0.1) is 23.7 Å². The first-order valence-electron chi connectivity index (χ1n) is 9.12. The lowest BCUT2D eigenvalue weighted by atomic mass is 10.1. The molecule has 0 spiro atoms. The van der Waals surface area contributed by atoms with Gasteiger partial charge in [-0.15, -0.1) is 0 Å². The Morgan fingerprint density at radius 3 is 2.70 bits per heavy atom. The fourth-order valence-electron chi connectivity index (χ4n) is 2.68. The summed E-state index contributed by atoms with van der Waals surface area (Å²) in [6.07, 6.45) is 4.58. The van der Waals surface area contributed by atoms with Crippen LogP contribution in [0.1, 0.15) is 43.7 Å². The van der Waals surface area contributed by atoms with E-state index in [0.29, 0.717) is 10.6 Å². The van der Waals surface area contributed by atoms with Crippen LogP contribution in [-0.4, -0.2) is 17.6 Å². The van der Waals surface area contributed by atoms with Crippen molar-refractivity contribution in [3.8, 4) is 11.5 Å². The lowest BCUT2D eigenvalue weighted by molar-refractivity contribution is -0.116. The molecule has 0 radical (unpaired) electrons. The van der Waals surface area contributed by atoms with Gasteiger partial charge in [0, 0.05) is 5.02 Å². The predicted molar refractivity (Wildman–Crippen MR) is 111 cm³/mol. The molecule has 0 fully saturated rings. The van der Waals surface area contributed by atoms with Gasteiger partial charge in [0.2, 0.25) is 5.91 Å². The van der Waals surface area contributed by atoms with Crippen LogP contribution in [0, 0.1) is 6.92 Å². The largest absolute Gasteiger partial charge is 0.504 e. The molecular formula is C21H25Cl2NO3. The van der Waals surface area contributed by atoms with E-state index >= 15 is 0 Å². The van der Waals surface area contributed by atoms with Crippen LogP contribution in [0.3, 0.4) is 0 Å². The minimum atomic E-state index is -0.287. The highest BCUT2D eigenvalue weighted by Crippen LogP contribution is 2.38. The van der Waals surface area contributed by atoms with E-state index in [1.165, 1.54) is 18.9 Å². The molecule has 4 nitrogen and oxygen atoms in total. The first-order valence-corrected chi connectivity index (χ1v) is 9.87. The highest BCUT2D eigenvalue weighted by Gasteiger charge is 2.14. The molecular weight excluding hydrogens is 385 g/mol. The average Bonchev–Trinajstić information content (AvgIpc) is 2.66. The van der Waals surface area contributed by atoms with Crippen LogP contribution >= 0.6 is 23.2 Å². The number of anilines is 1. The van der Waals surface area contributed by atoms with Crippen molar-refractivity contribution in [3.63, 3.8) is 0 Å². The minimum absolute atomic E-state index is 0.134. The first kappa shape index (κ1) is 21.4. The minimum Gasteiger partial charge on any atom is -0.504 e. The van der Waals surface area contributed by atoms with Gasteiger partial charge in [0.25, 0.3) is 0 Å². The molecule has 0 unspecified atom stereocenters. The maximum Gasteiger partial charge on any atom is 0.227 e. The average molecular weight is 410 g/mol. The highest BCUT2D eigenvalue weighted by molar-refractivity contribution is 6.37. The molecule has 146 valence electrons. The third-order valence-corrected chi connectivity index (χ3v) is 5.16. The molecule has 0 heterocycles. The van der Waals surface area contributed by atoms with Crippen LogP contribution < -0.4 is 10.1 Å². The molecule has 2 rings (SSSR count). The van der Waals surface area contributed by atoms with Gasteiger partial charge in [0.1, 0.15) is 5.75 Å². The maximum absolute atomic E-state index is 12.2. The van der Waals surface area contributed by atoms with Gasteiger partial charge in [-0.25, -0.2) is 0 Å². The van der Waals surface area contributed by atoms with Crippen LogP contribution in [0.5, 0.6) is 11.5 Å². The third-order valence-electron chi connectivity index (χ3n) is 4.30. The van der Waals surface area contributed by atoms with Crippen molar-refractivity contribution in [3.05, 3.63) is 51.5 Å². The predicted octanol–water partition coefficient (Wildman–Crippen LogP) is 6.15. The first-order chi connectivity index (χ1) is 12.9. The number of ether oxygens (including phenoxy) is 1. The van der Waals surface area contributed by atoms with Crippen LogP contribution in [0.2, 0.25) is 10.0 Å². The van der Waals surface area contributed by atoms with E-state index in [9.17, 15) is 9.90 Å². The van der Waals surface area contributed by atoms with Crippen molar-refractivity contribution in [1.29, 1.82) is 0 Å². The van der Waals surface area contributed by atoms with E-state index in [1.807, 2.05) is 18.2 Å². The van der Waals surface area contributed by atoms with Crippen molar-refractivity contribution in [1.82, 2.24) is 0 Å². The number of carbonyl (C=O) groups excluding carboxylic acids is 1. The molecule has 1 amide bonds. The molecule has 2 N–H and O–H groups in total. The van der Waals surface area contributed by atoms with Crippen molar-refractivity contribution < 1.29 is 14.6 Å². The molecule has 0 aliphatic carbocycles. The molecule has 0 saturated heterocycles. The number of hydrogen-bond acceptors (Lipinski definition) is 3. The Kier molecular flexibility index (Phi) is 8.26. The van der Waals surface area contributed by atoms with Crippen molar-refractivity contribution in [2.24, 2.45) is 0 Å². The number of unbranched alkanes of at least 4 members (excludes halogenated alkanes) is 2. The fourth-order valence-corrected chi connectivity index (χ4v) is 3.14. The number of phenolic OH excluding ortho intramolecular Hbond substituents is 1. The summed E-state index contributed by atoms with van der Waals surface area (Å²) in [4.78, 5) is 12.2. The molecule has 0 aromatic heterocycles. The number of phenols is 1. The topological polar surface area (TPSA) is 58.6 Å². The second-order valence-corrected chi connectivity index (χ2v) is 7.19. The third kappa shape index (κ3) is 6.05. The van der Waals surface area contributed by atoms with E-state index in [4.69, 9.17) is 27.9 Å². The molecule has 0 aliphatic heterocycles. The summed E-state index contributed by atoms with van der Waals surface area (Å²) in [5, 5.41) is 13.2. The van der Waals surface area contributed by atoms with Gasteiger partial charge in [-0.1, -0.05) is 61.2 Å². The Morgan fingerprint density at radius 2 is 1.96 bits per heavy atom. The highest BCUT2D eigenvalue weighted by atomic mass is 35.5. The number of rotatable bonds is 9. The van der Waals surface area contributed by atoms with Gasteiger partial charge in [-0.2, -0.15) is 0 Å². The zero-order chi connectivity index (χ0) is 19.8. The Bertz CT molecular complexity index is 793. The summed E-state index contributed by atoms with van der Waals surface area (Å²) in [5.74, 6) is 0.338. The normalized spacial score (nSPS) is 10.7. The number of para-hydroxylation sites is 1. The van der Waals surface area contributed by atoms with Gasteiger partial charge in [-0.3, -0.25) is 4.79 Å². The van der Waals surface area contributed by atoms with Crippen LogP contribution in [0.4, 0.5) is 5.69 Å². The summed E-state index contributed by atoms with van der Waals surface area (Å²) in [5.41, 5.74) is 1.92. The smallest absolute Gasteiger partial charge is 0.227 e. The molecule has 6 heteroatoms. The zero-order valence-electron chi connectivity index (χ0n) is 15.6. The van der Waals surface area contributed by atoms with Crippen LogP contribution in [-0.2, 0) is 11.2 Å². The van der Waals surface area contributed by atoms with Gasteiger partial charge < -0.3 is 15.2 Å². The summed E-state index contributed by atoms with van der Waals surface area (Å²) in [7, 11) is 0. The number of carbonyl (C=O) groups is 1. The number of benzene rings is 2. The van der Waals surface area contributed by atoms with E-state index in [0.717, 1.165) is 24.2 Å². The van der Waals surface area contributed by atoms with E-state index in [2.05, 4.69) is 18.3 Å². The molecule has 2 aromatic carbocycles. The lowest BCUT2D eigenvalue weighted by Crippen LogP contribution is -2.15. The molecule has 0 aliphatic rings. The number of hydrogen-bond donors (Lipinski definition) is 2. The quantitative estimate of drug-likeness (QED) is 0.385. The Balaban J connectivity index is 1.90. The van der Waals surface area contributed by atoms with E-state index < -0.39 is 0 Å². The molecule has 0 atom stereocenters. The summed E-state index contributed by atoms with van der Waals surface area (Å²) >= 11 is 12.1. The van der Waals surface area contributed by atoms with Crippen molar-refractivity contribution in [2.75, 3.05) is 11.9 Å². The van der Waals surface area contributed by atoms with Crippen LogP contribution in [0.15, 0.2) is 30.3 Å². The Hall–Kier alpha value is -1.91. The molecule has 0 bridgehead atoms. The van der Waals surface area contributed by atoms with E-state index in [1.54, 1.807) is 6.92 Å². The summed E-state index contributed by atoms with van der Waals surface area (Å²) in [6, 6.07) is 9.38. The van der Waals surface area contributed by atoms with Gasteiger partial charge in [0.15, 0.2) is 5.75 Å². The lowest BCUT2D eigenvalue weighted by Gasteiger charge is -2.13. The number of nitrogens with one attached hydrogen (secondary N) is 1.